The molecule has 0 aliphatic carbocycles. The van der Waals surface area contributed by atoms with Crippen molar-refractivity contribution in [2.45, 2.75) is 33.1 Å². The van der Waals surface area contributed by atoms with Gasteiger partial charge in [-0.05, 0) is 43.4 Å². The number of carbonyl (C=O) groups excluding carboxylic acids is 2. The summed E-state index contributed by atoms with van der Waals surface area (Å²) in [6.45, 7) is 12.5. The average molecular weight is 444 g/mol. The first kappa shape index (κ1) is 29.5. The van der Waals surface area contributed by atoms with Gasteiger partial charge >= 0.3 is 51.4 Å². The summed E-state index contributed by atoms with van der Waals surface area (Å²) in [5.41, 5.74) is 5.94. The van der Waals surface area contributed by atoms with E-state index in [0.717, 1.165) is 50.1 Å². The number of para-hydroxylation sites is 1. The minimum atomic E-state index is -0.0293. The average Bonchev–Trinajstić information content (AvgIpc) is 3.38. The second kappa shape index (κ2) is 15.3. The van der Waals surface area contributed by atoms with Crippen molar-refractivity contribution in [1.82, 2.24) is 0 Å². The Hall–Kier alpha value is -1.50. The largest absolute Gasteiger partial charge is 1.00 e. The SMILES string of the molecule is C=CC.C=CC(=O)N1CCc2cc[c-]cc21.CCc1cccc2c1N(C=O)CC2.[CH3-].[K+]. The molecule has 2 amide bonds. The van der Waals surface area contributed by atoms with Crippen LogP contribution in [0.1, 0.15) is 30.5 Å². The molecule has 0 fully saturated rings. The quantitative estimate of drug-likeness (QED) is 0.239. The van der Waals surface area contributed by atoms with E-state index in [9.17, 15) is 9.59 Å². The number of hydrogen-bond donors (Lipinski definition) is 0. The van der Waals surface area contributed by atoms with Crippen LogP contribution in [0.4, 0.5) is 11.4 Å². The van der Waals surface area contributed by atoms with Gasteiger partial charge < -0.3 is 17.2 Å². The topological polar surface area (TPSA) is 40.6 Å². The molecule has 0 saturated carbocycles. The molecule has 2 aromatic rings. The number of amides is 2. The van der Waals surface area contributed by atoms with Crippen molar-refractivity contribution in [1.29, 1.82) is 0 Å². The van der Waals surface area contributed by atoms with Crippen molar-refractivity contribution < 1.29 is 61.0 Å². The molecule has 2 heterocycles. The van der Waals surface area contributed by atoms with Crippen LogP contribution < -0.4 is 61.2 Å². The van der Waals surface area contributed by atoms with E-state index < -0.39 is 0 Å². The van der Waals surface area contributed by atoms with Crippen molar-refractivity contribution in [3.05, 3.63) is 91.9 Å². The summed E-state index contributed by atoms with van der Waals surface area (Å²) in [5.74, 6) is -0.0293. The molecule has 0 bridgehead atoms. The molecule has 31 heavy (non-hydrogen) atoms. The predicted molar refractivity (Wildman–Crippen MR) is 127 cm³/mol. The van der Waals surface area contributed by atoms with Crippen LogP contribution in [0.2, 0.25) is 0 Å². The van der Waals surface area contributed by atoms with Gasteiger partial charge in [-0.1, -0.05) is 43.5 Å². The summed E-state index contributed by atoms with van der Waals surface area (Å²) in [6.07, 6.45) is 6.96. The van der Waals surface area contributed by atoms with Crippen molar-refractivity contribution in [2.24, 2.45) is 0 Å². The zero-order valence-electron chi connectivity index (χ0n) is 19.4. The minimum absolute atomic E-state index is 0. The van der Waals surface area contributed by atoms with E-state index in [1.54, 1.807) is 11.0 Å². The summed E-state index contributed by atoms with van der Waals surface area (Å²) in [7, 11) is 0. The number of rotatable bonds is 3. The Kier molecular flexibility index (Phi) is 14.6. The number of carbonyl (C=O) groups is 2. The van der Waals surface area contributed by atoms with Gasteiger partial charge in [0.1, 0.15) is 0 Å². The third-order valence-electron chi connectivity index (χ3n) is 4.89. The second-order valence-electron chi connectivity index (χ2n) is 6.73. The molecule has 160 valence electrons. The standard InChI is InChI=1S/C11H13NO.C11H10NO.C3H6.CH3.K/c1-2-9-4-3-5-10-6-7-12(8-13)11(9)10;1-2-11(13)12-8-7-9-5-3-4-6-10(9)12;1-3-2;;/h3-5,8H,2,6-7H2,1H3;2-3,5-6H,1,7-8H2;3H,1H2,2H3;1H3;/q;-1;;-1;+1. The normalized spacial score (nSPS) is 12.3. The number of allylic oxidation sites excluding steroid dienone is 1. The van der Waals surface area contributed by atoms with Crippen LogP contribution >= 0.6 is 0 Å². The fourth-order valence-corrected chi connectivity index (χ4v) is 3.57. The Bertz CT molecular complexity index is 879. The van der Waals surface area contributed by atoms with E-state index >= 15 is 0 Å². The van der Waals surface area contributed by atoms with Gasteiger partial charge in [-0.3, -0.25) is 9.59 Å². The number of nitrogens with zero attached hydrogens (tertiary/aromatic N) is 2. The Morgan fingerprint density at radius 3 is 2.45 bits per heavy atom. The number of aryl methyl sites for hydroxylation is 1. The Labute approximate surface area is 230 Å². The molecule has 2 aliphatic heterocycles. The van der Waals surface area contributed by atoms with Gasteiger partial charge in [0.15, 0.2) is 0 Å². The summed E-state index contributed by atoms with van der Waals surface area (Å²) in [5, 5.41) is 0. The molecule has 4 rings (SSSR count). The number of anilines is 2. The summed E-state index contributed by atoms with van der Waals surface area (Å²) < 4.78 is 0. The van der Waals surface area contributed by atoms with Crippen LogP contribution in [0, 0.1) is 13.5 Å². The van der Waals surface area contributed by atoms with Gasteiger partial charge in [-0.15, -0.1) is 12.1 Å². The third-order valence-corrected chi connectivity index (χ3v) is 4.89. The first-order valence-corrected chi connectivity index (χ1v) is 9.93. The van der Waals surface area contributed by atoms with E-state index in [4.69, 9.17) is 0 Å². The molecule has 0 aromatic heterocycles. The molecule has 2 aromatic carbocycles. The first-order chi connectivity index (χ1) is 14.1. The third kappa shape index (κ3) is 7.54. The number of benzene rings is 2. The molecule has 0 saturated heterocycles. The Balaban J connectivity index is 0.000000488. The van der Waals surface area contributed by atoms with E-state index in [2.05, 4.69) is 44.3 Å². The first-order valence-electron chi connectivity index (χ1n) is 9.93. The van der Waals surface area contributed by atoms with E-state index in [0.29, 0.717) is 0 Å². The van der Waals surface area contributed by atoms with E-state index in [1.165, 1.54) is 22.8 Å². The van der Waals surface area contributed by atoms with Gasteiger partial charge in [0, 0.05) is 18.8 Å². The maximum absolute atomic E-state index is 11.4. The van der Waals surface area contributed by atoms with E-state index in [1.807, 2.05) is 30.0 Å². The van der Waals surface area contributed by atoms with E-state index in [-0.39, 0.29) is 64.7 Å². The van der Waals surface area contributed by atoms with Crippen LogP contribution in [0.25, 0.3) is 0 Å². The van der Waals surface area contributed by atoms with Crippen LogP contribution in [0.15, 0.2) is 61.7 Å². The monoisotopic (exact) mass is 443 g/mol. The van der Waals surface area contributed by atoms with Crippen molar-refractivity contribution in [2.75, 3.05) is 22.9 Å². The summed E-state index contributed by atoms with van der Waals surface area (Å²) >= 11 is 0. The Morgan fingerprint density at radius 2 is 1.84 bits per heavy atom. The predicted octanol–water partition coefficient (Wildman–Crippen LogP) is 1.98. The zero-order chi connectivity index (χ0) is 21.2. The van der Waals surface area contributed by atoms with Crippen molar-refractivity contribution in [3.8, 4) is 0 Å². The Morgan fingerprint density at radius 1 is 1.16 bits per heavy atom. The number of hydrogen-bond acceptors (Lipinski definition) is 2. The molecule has 0 atom stereocenters. The smallest absolute Gasteiger partial charge is 0.362 e. The van der Waals surface area contributed by atoms with Gasteiger partial charge in [0.05, 0.1) is 0 Å². The maximum atomic E-state index is 11.4. The van der Waals surface area contributed by atoms with Gasteiger partial charge in [-0.2, -0.15) is 24.3 Å². The molecule has 2 aliphatic rings. The fraction of sp³-hybridized carbons (Fsp3) is 0.269. The number of fused-ring (bicyclic) bond motifs is 2. The second-order valence-corrected chi connectivity index (χ2v) is 6.73. The molecule has 0 N–H and O–H groups in total. The molecule has 5 heteroatoms. The van der Waals surface area contributed by atoms with Crippen LogP contribution in [-0.2, 0) is 28.9 Å². The molecular formula is C26H32KN2O2-. The molecule has 0 spiro atoms. The van der Waals surface area contributed by atoms with Crippen LogP contribution in [0.3, 0.4) is 0 Å². The van der Waals surface area contributed by atoms with Gasteiger partial charge in [0.2, 0.25) is 12.3 Å². The minimum Gasteiger partial charge on any atom is -0.362 e. The summed E-state index contributed by atoms with van der Waals surface area (Å²) in [4.78, 5) is 25.7. The molecule has 0 unspecified atom stereocenters. The molecule has 4 nitrogen and oxygen atoms in total. The van der Waals surface area contributed by atoms with Crippen LogP contribution in [0.5, 0.6) is 0 Å². The van der Waals surface area contributed by atoms with Crippen LogP contribution in [-0.4, -0.2) is 25.4 Å². The summed E-state index contributed by atoms with van der Waals surface area (Å²) in [6, 6.07) is 15.0. The van der Waals surface area contributed by atoms with Crippen molar-refractivity contribution >= 4 is 23.7 Å². The van der Waals surface area contributed by atoms with Crippen molar-refractivity contribution in [3.63, 3.8) is 0 Å². The van der Waals surface area contributed by atoms with Gasteiger partial charge in [0.25, 0.3) is 0 Å². The molecule has 0 radical (unpaired) electrons. The molecular weight excluding hydrogens is 411 g/mol. The zero-order valence-corrected chi connectivity index (χ0v) is 22.5. The maximum Gasteiger partial charge on any atom is 1.00 e. The fourth-order valence-electron chi connectivity index (χ4n) is 3.57. The van der Waals surface area contributed by atoms with Gasteiger partial charge in [-0.25, -0.2) is 0 Å².